The zero-order valence-corrected chi connectivity index (χ0v) is 19.2. The third-order valence-corrected chi connectivity index (χ3v) is 5.54. The molecule has 168 valence electrons. The van der Waals surface area contributed by atoms with Gasteiger partial charge in [-0.15, -0.1) is 0 Å². The fraction of sp³-hybridized carbons (Fsp3) is 0.320. The molecule has 2 N–H and O–H groups in total. The van der Waals surface area contributed by atoms with Crippen LogP contribution in [0.3, 0.4) is 0 Å². The number of amides is 2. The Kier molecular flexibility index (Phi) is 6.39. The Morgan fingerprint density at radius 2 is 1.56 bits per heavy atom. The average molecular weight is 437 g/mol. The largest absolute Gasteiger partial charge is 0.456 e. The van der Waals surface area contributed by atoms with Gasteiger partial charge >= 0.3 is 11.9 Å². The summed E-state index contributed by atoms with van der Waals surface area (Å²) in [6, 6.07) is 10.2. The predicted octanol–water partition coefficient (Wildman–Crippen LogP) is 4.78. The van der Waals surface area contributed by atoms with Gasteiger partial charge in [-0.25, -0.2) is 4.79 Å². The van der Waals surface area contributed by atoms with Crippen molar-refractivity contribution in [2.75, 3.05) is 0 Å². The van der Waals surface area contributed by atoms with Crippen LogP contribution in [0.4, 0.5) is 0 Å². The van der Waals surface area contributed by atoms with E-state index in [1.54, 1.807) is 19.1 Å². The molecular formula is C25H28N2O5. The van der Waals surface area contributed by atoms with Crippen molar-refractivity contribution < 1.29 is 23.5 Å². The van der Waals surface area contributed by atoms with E-state index in [4.69, 9.17) is 9.15 Å². The number of benzene rings is 2. The monoisotopic (exact) mass is 436 g/mol. The Hall–Kier alpha value is -3.61. The highest BCUT2D eigenvalue weighted by molar-refractivity contribution is 6.01. The molecule has 0 spiro atoms. The minimum absolute atomic E-state index is 0.103. The maximum Gasteiger partial charge on any atom is 0.338 e. The molecule has 2 amide bonds. The van der Waals surface area contributed by atoms with Gasteiger partial charge in [-0.05, 0) is 82.0 Å². The van der Waals surface area contributed by atoms with E-state index in [9.17, 15) is 14.4 Å². The van der Waals surface area contributed by atoms with Crippen molar-refractivity contribution in [2.24, 2.45) is 0 Å². The summed E-state index contributed by atoms with van der Waals surface area (Å²) in [5, 5.41) is 0.853. The lowest BCUT2D eigenvalue weighted by Crippen LogP contribution is -2.41. The molecule has 0 saturated carbocycles. The van der Waals surface area contributed by atoms with Crippen molar-refractivity contribution in [3.63, 3.8) is 0 Å². The number of hydrogen-bond acceptors (Lipinski definition) is 5. The van der Waals surface area contributed by atoms with Crippen molar-refractivity contribution >= 4 is 28.8 Å². The molecule has 0 aliphatic rings. The van der Waals surface area contributed by atoms with Gasteiger partial charge in [-0.3, -0.25) is 20.4 Å². The van der Waals surface area contributed by atoms with E-state index >= 15 is 0 Å². The Balaban J connectivity index is 1.68. The number of fused-ring (bicyclic) bond motifs is 1. The second-order valence-electron chi connectivity index (χ2n) is 8.49. The lowest BCUT2D eigenvalue weighted by atomic mass is 10.0. The van der Waals surface area contributed by atoms with Gasteiger partial charge in [0.2, 0.25) is 0 Å². The highest BCUT2D eigenvalue weighted by atomic mass is 16.6. The van der Waals surface area contributed by atoms with Crippen LogP contribution < -0.4 is 10.9 Å². The van der Waals surface area contributed by atoms with Crippen LogP contribution in [0.25, 0.3) is 11.0 Å². The van der Waals surface area contributed by atoms with Crippen molar-refractivity contribution in [3.05, 3.63) is 70.0 Å². The minimum Gasteiger partial charge on any atom is -0.456 e. The molecule has 32 heavy (non-hydrogen) atoms. The number of ether oxygens (including phenoxy) is 1. The summed E-state index contributed by atoms with van der Waals surface area (Å²) in [5.41, 5.74) is 8.02. The van der Waals surface area contributed by atoms with Crippen LogP contribution in [-0.4, -0.2) is 23.4 Å². The van der Waals surface area contributed by atoms with Gasteiger partial charge in [0.25, 0.3) is 5.91 Å². The molecule has 2 aromatic carbocycles. The molecule has 7 heteroatoms. The molecular weight excluding hydrogens is 408 g/mol. The van der Waals surface area contributed by atoms with Gasteiger partial charge in [-0.2, -0.15) is 0 Å². The molecule has 0 aliphatic carbocycles. The number of rotatable bonds is 5. The molecule has 0 atom stereocenters. The van der Waals surface area contributed by atoms with Crippen LogP contribution in [0.2, 0.25) is 0 Å². The van der Waals surface area contributed by atoms with Gasteiger partial charge in [0.05, 0.1) is 5.56 Å². The molecule has 0 unspecified atom stereocenters. The third kappa shape index (κ3) is 4.82. The molecule has 1 aromatic heterocycles. The predicted molar refractivity (Wildman–Crippen MR) is 122 cm³/mol. The number of furan rings is 1. The molecule has 7 nitrogen and oxygen atoms in total. The first kappa shape index (κ1) is 23.1. The Morgan fingerprint density at radius 1 is 0.906 bits per heavy atom. The maximum atomic E-state index is 12.6. The van der Waals surface area contributed by atoms with E-state index in [-0.39, 0.29) is 5.76 Å². The topological polar surface area (TPSA) is 97.6 Å². The number of carbonyl (C=O) groups excluding carboxylic acids is 3. The van der Waals surface area contributed by atoms with Gasteiger partial charge in [0.15, 0.2) is 5.76 Å². The number of aryl methyl sites for hydroxylation is 3. The second kappa shape index (κ2) is 8.86. The van der Waals surface area contributed by atoms with Gasteiger partial charge in [0, 0.05) is 10.9 Å². The van der Waals surface area contributed by atoms with Crippen LogP contribution in [0.15, 0.2) is 40.8 Å². The van der Waals surface area contributed by atoms with E-state index < -0.39 is 23.4 Å². The van der Waals surface area contributed by atoms with Crippen molar-refractivity contribution in [1.82, 2.24) is 10.9 Å². The Morgan fingerprint density at radius 3 is 2.19 bits per heavy atom. The number of nitrogens with one attached hydrogen (secondary N) is 2. The fourth-order valence-electron chi connectivity index (χ4n) is 3.17. The SMILES string of the molecule is CCC(C)(C)OC(=O)c1ccc(C(=O)NNC(=O)c2cc3c(C)ccc(C)c3o2)c(C)c1. The van der Waals surface area contributed by atoms with E-state index in [2.05, 4.69) is 10.9 Å². The third-order valence-electron chi connectivity index (χ3n) is 5.54. The molecule has 0 aliphatic heterocycles. The minimum atomic E-state index is -0.570. The first-order valence-corrected chi connectivity index (χ1v) is 10.5. The van der Waals surface area contributed by atoms with Gasteiger partial charge in [-0.1, -0.05) is 19.1 Å². The first-order valence-electron chi connectivity index (χ1n) is 10.5. The molecule has 3 aromatic rings. The highest BCUT2D eigenvalue weighted by Crippen LogP contribution is 2.26. The molecule has 0 bridgehead atoms. The summed E-state index contributed by atoms with van der Waals surface area (Å²) in [7, 11) is 0. The zero-order valence-electron chi connectivity index (χ0n) is 19.2. The standard InChI is InChI=1S/C25H28N2O5/c1-7-25(5,6)32-24(30)17-10-11-18(16(4)12-17)22(28)26-27-23(29)20-13-19-14(2)8-9-15(3)21(19)31-20/h8-13H,7H2,1-6H3,(H,26,28)(H,27,29). The molecule has 1 heterocycles. The second-order valence-corrected chi connectivity index (χ2v) is 8.49. The summed E-state index contributed by atoms with van der Waals surface area (Å²) < 4.78 is 11.2. The summed E-state index contributed by atoms with van der Waals surface area (Å²) in [5.74, 6) is -1.41. The Labute approximate surface area is 187 Å². The number of carbonyl (C=O) groups is 3. The van der Waals surface area contributed by atoms with Crippen LogP contribution in [-0.2, 0) is 4.74 Å². The smallest absolute Gasteiger partial charge is 0.338 e. The fourth-order valence-corrected chi connectivity index (χ4v) is 3.17. The average Bonchev–Trinajstić information content (AvgIpc) is 3.21. The van der Waals surface area contributed by atoms with Crippen LogP contribution in [0, 0.1) is 20.8 Å². The summed E-state index contributed by atoms with van der Waals surface area (Å²) >= 11 is 0. The normalized spacial score (nSPS) is 11.3. The van der Waals surface area contributed by atoms with E-state index in [1.807, 2.05) is 46.8 Å². The first-order chi connectivity index (χ1) is 15.0. The van der Waals surface area contributed by atoms with Crippen molar-refractivity contribution in [1.29, 1.82) is 0 Å². The van der Waals surface area contributed by atoms with Crippen LogP contribution in [0.1, 0.15) is 75.2 Å². The number of hydrazine groups is 1. The van der Waals surface area contributed by atoms with Crippen molar-refractivity contribution in [2.45, 2.75) is 53.6 Å². The maximum absolute atomic E-state index is 12.6. The molecule has 0 radical (unpaired) electrons. The zero-order chi connectivity index (χ0) is 23.6. The summed E-state index contributed by atoms with van der Waals surface area (Å²) in [4.78, 5) is 37.4. The van der Waals surface area contributed by atoms with E-state index in [0.29, 0.717) is 28.7 Å². The number of esters is 1. The number of hydrogen-bond donors (Lipinski definition) is 2. The van der Waals surface area contributed by atoms with Gasteiger partial charge in [0.1, 0.15) is 11.2 Å². The highest BCUT2D eigenvalue weighted by Gasteiger charge is 2.22. The lowest BCUT2D eigenvalue weighted by molar-refractivity contribution is -0.00247. The van der Waals surface area contributed by atoms with E-state index in [0.717, 1.165) is 16.5 Å². The van der Waals surface area contributed by atoms with Crippen LogP contribution >= 0.6 is 0 Å². The molecule has 0 saturated heterocycles. The van der Waals surface area contributed by atoms with E-state index in [1.165, 1.54) is 12.1 Å². The van der Waals surface area contributed by atoms with Crippen molar-refractivity contribution in [3.8, 4) is 0 Å². The molecule has 0 fully saturated rings. The quantitative estimate of drug-likeness (QED) is 0.443. The van der Waals surface area contributed by atoms with Crippen LogP contribution in [0.5, 0.6) is 0 Å². The molecule has 3 rings (SSSR count). The summed E-state index contributed by atoms with van der Waals surface area (Å²) in [6.45, 7) is 11.2. The van der Waals surface area contributed by atoms with Gasteiger partial charge < -0.3 is 9.15 Å². The lowest BCUT2D eigenvalue weighted by Gasteiger charge is -2.23. The summed E-state index contributed by atoms with van der Waals surface area (Å²) in [6.07, 6.45) is 0.683. The Bertz CT molecular complexity index is 1170.